The normalized spacial score (nSPS) is 20.6. The average Bonchev–Trinajstić information content (AvgIpc) is 2.99. The third kappa shape index (κ3) is 2.78. The van der Waals surface area contributed by atoms with Crippen molar-refractivity contribution in [1.29, 1.82) is 0 Å². The summed E-state index contributed by atoms with van der Waals surface area (Å²) in [6.45, 7) is 1.50. The Morgan fingerprint density at radius 1 is 1.25 bits per heavy atom. The molecule has 2 aliphatic rings. The molecular formula is C19H18N2O6S. The van der Waals surface area contributed by atoms with Crippen molar-refractivity contribution in [3.05, 3.63) is 48.0 Å². The van der Waals surface area contributed by atoms with Crippen LogP contribution in [0.5, 0.6) is 5.75 Å². The molecular weight excluding hydrogens is 384 g/mol. The van der Waals surface area contributed by atoms with Crippen molar-refractivity contribution in [2.75, 3.05) is 23.3 Å². The number of benzene rings is 2. The predicted molar refractivity (Wildman–Crippen MR) is 101 cm³/mol. The van der Waals surface area contributed by atoms with Gasteiger partial charge in [-0.2, -0.15) is 0 Å². The molecule has 0 bridgehead atoms. The second-order valence-electron chi connectivity index (χ2n) is 6.59. The number of amides is 1. The molecule has 9 heteroatoms. The lowest BCUT2D eigenvalue weighted by molar-refractivity contribution is -0.148. The molecule has 0 fully saturated rings. The van der Waals surface area contributed by atoms with Gasteiger partial charge in [-0.25, -0.2) is 13.2 Å². The smallest absolute Gasteiger partial charge is 0.348 e. The molecule has 0 spiro atoms. The van der Waals surface area contributed by atoms with Gasteiger partial charge >= 0.3 is 5.97 Å². The fraction of sp³-hybridized carbons (Fsp3) is 0.263. The van der Waals surface area contributed by atoms with Gasteiger partial charge in [-0.05, 0) is 42.8 Å². The second-order valence-corrected chi connectivity index (χ2v) is 8.46. The van der Waals surface area contributed by atoms with Gasteiger partial charge < -0.3 is 14.8 Å². The van der Waals surface area contributed by atoms with Crippen LogP contribution in [0.1, 0.15) is 18.4 Å². The number of rotatable bonds is 3. The summed E-state index contributed by atoms with van der Waals surface area (Å²) in [5, 5.41) is 2.72. The molecule has 28 heavy (non-hydrogen) atoms. The molecule has 146 valence electrons. The maximum atomic E-state index is 13.4. The number of esters is 1. The number of methoxy groups -OCH3 is 1. The third-order valence-corrected chi connectivity index (χ3v) is 6.70. The van der Waals surface area contributed by atoms with Crippen LogP contribution in [0.25, 0.3) is 0 Å². The lowest BCUT2D eigenvalue weighted by Gasteiger charge is -2.34. The molecule has 4 rings (SSSR count). The largest absolute Gasteiger partial charge is 0.475 e. The molecule has 1 amide bonds. The number of sulfonamides is 1. The van der Waals surface area contributed by atoms with Crippen molar-refractivity contribution < 1.29 is 27.5 Å². The molecule has 8 nitrogen and oxygen atoms in total. The summed E-state index contributed by atoms with van der Waals surface area (Å²) >= 11 is 0. The van der Waals surface area contributed by atoms with E-state index in [1.165, 1.54) is 19.2 Å². The predicted octanol–water partition coefficient (Wildman–Crippen LogP) is 1.87. The second kappa shape index (κ2) is 6.52. The summed E-state index contributed by atoms with van der Waals surface area (Å²) in [5.74, 6) is -0.997. The van der Waals surface area contributed by atoms with Crippen molar-refractivity contribution in [2.45, 2.75) is 23.8 Å². The van der Waals surface area contributed by atoms with E-state index in [4.69, 9.17) is 9.47 Å². The Hall–Kier alpha value is -3.07. The molecule has 1 N–H and O–H groups in total. The van der Waals surface area contributed by atoms with Gasteiger partial charge in [0.15, 0.2) is 0 Å². The summed E-state index contributed by atoms with van der Waals surface area (Å²) in [7, 11) is -2.79. The average molecular weight is 402 g/mol. The Morgan fingerprint density at radius 3 is 2.75 bits per heavy atom. The zero-order valence-corrected chi connectivity index (χ0v) is 16.0. The van der Waals surface area contributed by atoms with E-state index >= 15 is 0 Å². The van der Waals surface area contributed by atoms with Crippen LogP contribution in [0, 0.1) is 0 Å². The number of nitrogens with one attached hydrogen (secondary N) is 1. The van der Waals surface area contributed by atoms with Crippen LogP contribution in [-0.4, -0.2) is 40.1 Å². The van der Waals surface area contributed by atoms with E-state index in [1.54, 1.807) is 37.3 Å². The summed E-state index contributed by atoms with van der Waals surface area (Å²) in [5.41, 5.74) is 1.56. The fourth-order valence-corrected chi connectivity index (χ4v) is 4.88. The molecule has 2 aromatic carbocycles. The van der Waals surface area contributed by atoms with Crippen LogP contribution in [0.15, 0.2) is 47.4 Å². The van der Waals surface area contributed by atoms with Crippen LogP contribution in [0.4, 0.5) is 11.4 Å². The first-order valence-electron chi connectivity index (χ1n) is 8.64. The number of hydrogen-bond acceptors (Lipinski definition) is 6. The number of carbonyl (C=O) groups excluding carboxylic acids is 2. The van der Waals surface area contributed by atoms with Crippen molar-refractivity contribution >= 4 is 33.3 Å². The van der Waals surface area contributed by atoms with Gasteiger partial charge in [-0.3, -0.25) is 9.10 Å². The van der Waals surface area contributed by atoms with Gasteiger partial charge in [-0.1, -0.05) is 12.1 Å². The van der Waals surface area contributed by atoms with Crippen molar-refractivity contribution in [1.82, 2.24) is 0 Å². The first kappa shape index (κ1) is 18.3. The van der Waals surface area contributed by atoms with E-state index in [0.29, 0.717) is 16.9 Å². The first-order chi connectivity index (χ1) is 13.3. The molecule has 2 aliphatic heterocycles. The van der Waals surface area contributed by atoms with Gasteiger partial charge in [0.05, 0.1) is 30.2 Å². The number of ether oxygens (including phenoxy) is 2. The van der Waals surface area contributed by atoms with E-state index in [1.807, 2.05) is 0 Å². The van der Waals surface area contributed by atoms with Gasteiger partial charge in [-0.15, -0.1) is 0 Å². The minimum Gasteiger partial charge on any atom is -0.475 e. The standard InChI is InChI=1S/C19H18N2O6S/c1-11-13-9-12(7-8-14(13)20-18(11)22)28(24,25)21-10-17(19(23)26-2)27-16-6-4-3-5-15(16)21/h3-9,11,17H,10H2,1-2H3,(H,20,22)/t11-,17-/m1/s1. The van der Waals surface area contributed by atoms with Crippen molar-refractivity contribution in [2.24, 2.45) is 0 Å². The quantitative estimate of drug-likeness (QED) is 0.787. The zero-order valence-electron chi connectivity index (χ0n) is 15.2. The highest BCUT2D eigenvalue weighted by atomic mass is 32.2. The first-order valence-corrected chi connectivity index (χ1v) is 10.1. The number of anilines is 2. The van der Waals surface area contributed by atoms with Crippen LogP contribution in [0.3, 0.4) is 0 Å². The maximum Gasteiger partial charge on any atom is 0.348 e. The number of nitrogens with zero attached hydrogens (tertiary/aromatic N) is 1. The highest BCUT2D eigenvalue weighted by molar-refractivity contribution is 7.92. The summed E-state index contributed by atoms with van der Waals surface area (Å²) in [4.78, 5) is 23.9. The van der Waals surface area contributed by atoms with Gasteiger partial charge in [0.25, 0.3) is 10.0 Å². The molecule has 2 heterocycles. The zero-order chi connectivity index (χ0) is 20.1. The van der Waals surface area contributed by atoms with Crippen LogP contribution >= 0.6 is 0 Å². The third-order valence-electron chi connectivity index (χ3n) is 4.93. The van der Waals surface area contributed by atoms with Crippen LogP contribution in [-0.2, 0) is 24.3 Å². The summed E-state index contributed by atoms with van der Waals surface area (Å²) in [6.07, 6.45) is -1.08. The topological polar surface area (TPSA) is 102 Å². The van der Waals surface area contributed by atoms with E-state index in [9.17, 15) is 18.0 Å². The lowest BCUT2D eigenvalue weighted by atomic mass is 10.0. The Bertz CT molecular complexity index is 1080. The Balaban J connectivity index is 1.79. The van der Waals surface area contributed by atoms with E-state index < -0.39 is 28.0 Å². The summed E-state index contributed by atoms with van der Waals surface area (Å²) in [6, 6.07) is 11.1. The van der Waals surface area contributed by atoms with Gasteiger partial charge in [0.2, 0.25) is 12.0 Å². The Kier molecular flexibility index (Phi) is 4.26. The van der Waals surface area contributed by atoms with Crippen molar-refractivity contribution in [3.63, 3.8) is 0 Å². The number of carbonyl (C=O) groups is 2. The Labute approximate surface area is 162 Å². The monoisotopic (exact) mass is 402 g/mol. The van der Waals surface area contributed by atoms with Crippen molar-refractivity contribution in [3.8, 4) is 5.75 Å². The minimum atomic E-state index is -4.01. The molecule has 0 aliphatic carbocycles. The van der Waals surface area contributed by atoms with Gasteiger partial charge in [0.1, 0.15) is 5.75 Å². The molecule has 2 aromatic rings. The number of para-hydroxylation sites is 2. The van der Waals surface area contributed by atoms with E-state index in [2.05, 4.69) is 5.32 Å². The maximum absolute atomic E-state index is 13.4. The van der Waals surface area contributed by atoms with Crippen LogP contribution < -0.4 is 14.4 Å². The molecule has 0 aromatic heterocycles. The van der Waals surface area contributed by atoms with E-state index in [0.717, 1.165) is 4.31 Å². The minimum absolute atomic E-state index is 0.0370. The molecule has 0 saturated carbocycles. The molecule has 2 atom stereocenters. The van der Waals surface area contributed by atoms with E-state index in [-0.39, 0.29) is 23.1 Å². The SMILES string of the molecule is COC(=O)[C@H]1CN(S(=O)(=O)c2ccc3c(c2)[C@@H](C)C(=O)N3)c2ccccc2O1. The highest BCUT2D eigenvalue weighted by Crippen LogP contribution is 2.39. The fourth-order valence-electron chi connectivity index (χ4n) is 3.37. The number of hydrogen-bond donors (Lipinski definition) is 1. The lowest BCUT2D eigenvalue weighted by Crippen LogP contribution is -2.47. The molecule has 0 radical (unpaired) electrons. The number of fused-ring (bicyclic) bond motifs is 2. The summed E-state index contributed by atoms with van der Waals surface area (Å²) < 4.78 is 38.3. The molecule has 0 saturated heterocycles. The molecule has 0 unspecified atom stereocenters. The Morgan fingerprint density at radius 2 is 2.00 bits per heavy atom. The van der Waals surface area contributed by atoms with Crippen LogP contribution in [0.2, 0.25) is 0 Å². The van der Waals surface area contributed by atoms with Gasteiger partial charge in [0, 0.05) is 5.69 Å². The highest BCUT2D eigenvalue weighted by Gasteiger charge is 2.38.